The van der Waals surface area contributed by atoms with E-state index in [1.54, 1.807) is 0 Å². The quantitative estimate of drug-likeness (QED) is 0.867. The molecule has 0 spiro atoms. The lowest BCUT2D eigenvalue weighted by Crippen LogP contribution is -2.43. The molecule has 0 unspecified atom stereocenters. The van der Waals surface area contributed by atoms with E-state index in [-0.39, 0.29) is 11.9 Å². The van der Waals surface area contributed by atoms with Crippen molar-refractivity contribution in [3.63, 3.8) is 0 Å². The van der Waals surface area contributed by atoms with Crippen molar-refractivity contribution in [1.29, 1.82) is 0 Å². The van der Waals surface area contributed by atoms with E-state index < -0.39 is 0 Å². The minimum atomic E-state index is -0.0351. The maximum Gasteiger partial charge on any atom is 0.251 e. The fourth-order valence-corrected chi connectivity index (χ4v) is 3.21. The van der Waals surface area contributed by atoms with E-state index in [0.717, 1.165) is 44.8 Å². The molecule has 1 saturated heterocycles. The van der Waals surface area contributed by atoms with Crippen molar-refractivity contribution in [3.8, 4) is 0 Å². The largest absolute Gasteiger partial charge is 0.379 e. The number of carbonyl (C=O) groups is 1. The number of aryl methyl sites for hydroxylation is 2. The van der Waals surface area contributed by atoms with Crippen LogP contribution in [-0.4, -0.2) is 43.7 Å². The molecule has 3 rings (SSSR count). The number of carbonyl (C=O) groups excluding carboxylic acids is 1. The fourth-order valence-electron chi connectivity index (χ4n) is 3.21. The third kappa shape index (κ3) is 4.93. The average Bonchev–Trinajstić information content (AvgIpc) is 2.69. The summed E-state index contributed by atoms with van der Waals surface area (Å²) in [6, 6.07) is 16.3. The van der Waals surface area contributed by atoms with Crippen LogP contribution in [0.15, 0.2) is 48.5 Å². The van der Waals surface area contributed by atoms with Gasteiger partial charge in [-0.3, -0.25) is 9.69 Å². The van der Waals surface area contributed by atoms with Crippen LogP contribution < -0.4 is 5.32 Å². The number of hydrogen-bond donors (Lipinski definition) is 1. The molecule has 0 radical (unpaired) electrons. The molecule has 1 atom stereocenters. The van der Waals surface area contributed by atoms with Crippen molar-refractivity contribution in [1.82, 2.24) is 10.2 Å². The molecule has 1 aliphatic rings. The molecule has 138 valence electrons. The molecule has 0 aromatic heterocycles. The van der Waals surface area contributed by atoms with Gasteiger partial charge in [-0.05, 0) is 36.6 Å². The SMILES string of the molecule is CCc1ccc(C(=O)N[C@H](CN2CCOCC2)c2ccc(C)cc2)cc1. The third-order valence-corrected chi connectivity index (χ3v) is 4.95. The predicted molar refractivity (Wildman–Crippen MR) is 104 cm³/mol. The van der Waals surface area contributed by atoms with Crippen LogP contribution in [0.2, 0.25) is 0 Å². The summed E-state index contributed by atoms with van der Waals surface area (Å²) < 4.78 is 5.45. The Kier molecular flexibility index (Phi) is 6.42. The molecule has 0 bridgehead atoms. The number of nitrogens with zero attached hydrogens (tertiary/aromatic N) is 1. The lowest BCUT2D eigenvalue weighted by Gasteiger charge is -2.31. The Morgan fingerprint density at radius 1 is 1.08 bits per heavy atom. The van der Waals surface area contributed by atoms with Crippen molar-refractivity contribution < 1.29 is 9.53 Å². The van der Waals surface area contributed by atoms with E-state index in [9.17, 15) is 4.79 Å². The number of morpholine rings is 1. The predicted octanol–water partition coefficient (Wildman–Crippen LogP) is 3.36. The zero-order valence-electron chi connectivity index (χ0n) is 15.7. The molecule has 26 heavy (non-hydrogen) atoms. The Labute approximate surface area is 156 Å². The summed E-state index contributed by atoms with van der Waals surface area (Å²) in [6.07, 6.45) is 0.977. The zero-order valence-corrected chi connectivity index (χ0v) is 15.7. The van der Waals surface area contributed by atoms with Crippen molar-refractivity contribution in [3.05, 3.63) is 70.8 Å². The molecule has 4 nitrogen and oxygen atoms in total. The Hall–Kier alpha value is -2.17. The molecule has 1 fully saturated rings. The molecule has 1 N–H and O–H groups in total. The zero-order chi connectivity index (χ0) is 18.4. The lowest BCUT2D eigenvalue weighted by atomic mass is 10.0. The number of nitrogens with one attached hydrogen (secondary N) is 1. The second-order valence-electron chi connectivity index (χ2n) is 6.90. The smallest absolute Gasteiger partial charge is 0.251 e. The lowest BCUT2D eigenvalue weighted by molar-refractivity contribution is 0.0332. The van der Waals surface area contributed by atoms with E-state index in [1.807, 2.05) is 24.3 Å². The van der Waals surface area contributed by atoms with Crippen molar-refractivity contribution in [2.75, 3.05) is 32.8 Å². The second kappa shape index (κ2) is 8.97. The fraction of sp³-hybridized carbons (Fsp3) is 0.409. The molecule has 0 aliphatic carbocycles. The van der Waals surface area contributed by atoms with Gasteiger partial charge in [0.15, 0.2) is 0 Å². The minimum absolute atomic E-state index is 0.0218. The number of hydrogen-bond acceptors (Lipinski definition) is 3. The van der Waals surface area contributed by atoms with Gasteiger partial charge in [0.25, 0.3) is 5.91 Å². The highest BCUT2D eigenvalue weighted by Gasteiger charge is 2.20. The van der Waals surface area contributed by atoms with Crippen LogP contribution in [0.1, 0.15) is 40.0 Å². The van der Waals surface area contributed by atoms with Crippen LogP contribution in [0.3, 0.4) is 0 Å². The molecule has 2 aromatic carbocycles. The van der Waals surface area contributed by atoms with Gasteiger partial charge in [0.05, 0.1) is 19.3 Å². The summed E-state index contributed by atoms with van der Waals surface area (Å²) in [5.74, 6) is -0.0218. The summed E-state index contributed by atoms with van der Waals surface area (Å²) in [4.78, 5) is 15.1. The maximum absolute atomic E-state index is 12.8. The Balaban J connectivity index is 1.74. The van der Waals surface area contributed by atoms with Crippen LogP contribution >= 0.6 is 0 Å². The molecule has 2 aromatic rings. The van der Waals surface area contributed by atoms with Crippen LogP contribution in [0.25, 0.3) is 0 Å². The number of amides is 1. The number of ether oxygens (including phenoxy) is 1. The van der Waals surface area contributed by atoms with Crippen LogP contribution in [0.5, 0.6) is 0 Å². The van der Waals surface area contributed by atoms with Crippen molar-refractivity contribution in [2.24, 2.45) is 0 Å². The van der Waals surface area contributed by atoms with Crippen LogP contribution in [-0.2, 0) is 11.2 Å². The highest BCUT2D eigenvalue weighted by molar-refractivity contribution is 5.94. The topological polar surface area (TPSA) is 41.6 Å². The Morgan fingerprint density at radius 2 is 1.73 bits per heavy atom. The van der Waals surface area contributed by atoms with E-state index >= 15 is 0 Å². The Morgan fingerprint density at radius 3 is 2.35 bits per heavy atom. The standard InChI is InChI=1S/C22H28N2O2/c1-3-18-6-10-20(11-7-18)22(25)23-21(16-24-12-14-26-15-13-24)19-8-4-17(2)5-9-19/h4-11,21H,3,12-16H2,1-2H3,(H,23,25)/t21-/m1/s1. The first-order valence-electron chi connectivity index (χ1n) is 9.42. The van der Waals surface area contributed by atoms with Crippen molar-refractivity contribution >= 4 is 5.91 Å². The number of benzene rings is 2. The van der Waals surface area contributed by atoms with Gasteiger partial charge in [0, 0.05) is 25.2 Å². The Bertz CT molecular complexity index is 704. The van der Waals surface area contributed by atoms with Gasteiger partial charge < -0.3 is 10.1 Å². The molecular weight excluding hydrogens is 324 g/mol. The van der Waals surface area contributed by atoms with Gasteiger partial charge in [0.2, 0.25) is 0 Å². The monoisotopic (exact) mass is 352 g/mol. The normalized spacial score (nSPS) is 16.2. The first kappa shape index (κ1) is 18.6. The van der Waals surface area contributed by atoms with Crippen LogP contribution in [0, 0.1) is 6.92 Å². The number of rotatable bonds is 6. The molecule has 0 saturated carbocycles. The molecule has 4 heteroatoms. The third-order valence-electron chi connectivity index (χ3n) is 4.95. The van der Waals surface area contributed by atoms with E-state index in [2.05, 4.69) is 48.3 Å². The highest BCUT2D eigenvalue weighted by Crippen LogP contribution is 2.17. The van der Waals surface area contributed by atoms with Gasteiger partial charge >= 0.3 is 0 Å². The van der Waals surface area contributed by atoms with E-state index in [1.165, 1.54) is 11.1 Å². The molecule has 1 heterocycles. The van der Waals surface area contributed by atoms with Crippen molar-refractivity contribution in [2.45, 2.75) is 26.3 Å². The first-order valence-corrected chi connectivity index (χ1v) is 9.42. The molecule has 1 amide bonds. The summed E-state index contributed by atoms with van der Waals surface area (Å²) in [6.45, 7) is 8.32. The summed E-state index contributed by atoms with van der Waals surface area (Å²) in [5, 5.41) is 3.23. The molecule has 1 aliphatic heterocycles. The van der Waals surface area contributed by atoms with Gasteiger partial charge in [-0.25, -0.2) is 0 Å². The van der Waals surface area contributed by atoms with E-state index in [4.69, 9.17) is 4.74 Å². The molecular formula is C22H28N2O2. The first-order chi connectivity index (χ1) is 12.7. The summed E-state index contributed by atoms with van der Waals surface area (Å²) in [5.41, 5.74) is 4.31. The van der Waals surface area contributed by atoms with Gasteiger partial charge in [-0.2, -0.15) is 0 Å². The highest BCUT2D eigenvalue weighted by atomic mass is 16.5. The van der Waals surface area contributed by atoms with E-state index in [0.29, 0.717) is 5.56 Å². The minimum Gasteiger partial charge on any atom is -0.379 e. The maximum atomic E-state index is 12.8. The summed E-state index contributed by atoms with van der Waals surface area (Å²) in [7, 11) is 0. The average molecular weight is 352 g/mol. The van der Waals surface area contributed by atoms with Gasteiger partial charge in [-0.1, -0.05) is 48.9 Å². The van der Waals surface area contributed by atoms with Gasteiger partial charge in [-0.15, -0.1) is 0 Å². The second-order valence-corrected chi connectivity index (χ2v) is 6.90. The summed E-state index contributed by atoms with van der Waals surface area (Å²) >= 11 is 0. The van der Waals surface area contributed by atoms with Gasteiger partial charge in [0.1, 0.15) is 0 Å². The van der Waals surface area contributed by atoms with Crippen LogP contribution in [0.4, 0.5) is 0 Å².